The third-order valence-electron chi connectivity index (χ3n) is 2.09. The lowest BCUT2D eigenvalue weighted by atomic mass is 10.1. The van der Waals surface area contributed by atoms with Gasteiger partial charge in [0, 0.05) is 12.1 Å². The molecule has 1 aromatic carbocycles. The number of rotatable bonds is 3. The zero-order chi connectivity index (χ0) is 12.3. The normalized spacial score (nSPS) is 10.2. The molecule has 0 radical (unpaired) electrons. The second-order valence-corrected chi connectivity index (χ2v) is 3.74. The lowest BCUT2D eigenvalue weighted by molar-refractivity contribution is 0.589. The number of nitrogens with zero attached hydrogens (tertiary/aromatic N) is 2. The Morgan fingerprint density at radius 3 is 2.59 bits per heavy atom. The summed E-state index contributed by atoms with van der Waals surface area (Å²) in [6.07, 6.45) is 0. The smallest absolute Gasteiger partial charge is 0.322 e. The molecule has 0 atom stereocenters. The van der Waals surface area contributed by atoms with Crippen molar-refractivity contribution in [1.82, 2.24) is 10.2 Å². The second kappa shape index (κ2) is 4.89. The first-order valence-corrected chi connectivity index (χ1v) is 5.29. The van der Waals surface area contributed by atoms with Gasteiger partial charge in [0.25, 0.3) is 0 Å². The minimum Gasteiger partial charge on any atom is -0.403 e. The molecule has 0 aliphatic rings. The quantitative estimate of drug-likeness (QED) is 0.693. The molecule has 2 rings (SSSR count). The first-order valence-electron chi connectivity index (χ1n) is 4.88. The minimum atomic E-state index is 0.0821. The van der Waals surface area contributed by atoms with Crippen LogP contribution in [0.2, 0.25) is 0 Å². The largest absolute Gasteiger partial charge is 0.403 e. The van der Waals surface area contributed by atoms with Crippen LogP contribution in [0, 0.1) is 0 Å². The highest BCUT2D eigenvalue weighted by Crippen LogP contribution is 2.19. The standard InChI is InChI=1S/C10H11N5OS/c11-5-6-1-3-7(4-2-6)8-14-15-10(16-8)13-9(12)17/h1-4H,5,11H2,(H3,12,13,15,17). The van der Waals surface area contributed by atoms with Crippen LogP contribution in [0.3, 0.4) is 0 Å². The maximum absolute atomic E-state index is 5.51. The van der Waals surface area contributed by atoms with Crippen molar-refractivity contribution in [2.75, 3.05) is 5.32 Å². The highest BCUT2D eigenvalue weighted by atomic mass is 32.1. The molecule has 5 N–H and O–H groups in total. The molecule has 1 aromatic heterocycles. The lowest BCUT2D eigenvalue weighted by Gasteiger charge is -1.98. The number of thiocarbonyl (C=S) groups is 1. The summed E-state index contributed by atoms with van der Waals surface area (Å²) in [7, 11) is 0. The molecule has 2 aromatic rings. The Kier molecular flexibility index (Phi) is 3.31. The molecule has 0 saturated heterocycles. The van der Waals surface area contributed by atoms with E-state index in [4.69, 9.17) is 15.9 Å². The van der Waals surface area contributed by atoms with E-state index in [0.29, 0.717) is 12.4 Å². The predicted molar refractivity (Wildman–Crippen MR) is 68.0 cm³/mol. The van der Waals surface area contributed by atoms with Gasteiger partial charge in [-0.2, -0.15) is 0 Å². The van der Waals surface area contributed by atoms with Crippen LogP contribution >= 0.6 is 12.2 Å². The van der Waals surface area contributed by atoms with Crippen molar-refractivity contribution in [2.45, 2.75) is 6.54 Å². The fraction of sp³-hybridized carbons (Fsp3) is 0.100. The molecular weight excluding hydrogens is 238 g/mol. The molecule has 88 valence electrons. The number of benzene rings is 1. The molecule has 7 heteroatoms. The summed E-state index contributed by atoms with van der Waals surface area (Å²) in [4.78, 5) is 0. The molecule has 0 aliphatic heterocycles. The van der Waals surface area contributed by atoms with Crippen LogP contribution < -0.4 is 16.8 Å². The number of hydrogen-bond acceptors (Lipinski definition) is 5. The first-order chi connectivity index (χ1) is 8.19. The Morgan fingerprint density at radius 1 is 1.29 bits per heavy atom. The van der Waals surface area contributed by atoms with Gasteiger partial charge in [0.2, 0.25) is 5.89 Å². The third-order valence-corrected chi connectivity index (χ3v) is 2.19. The molecule has 0 saturated carbocycles. The van der Waals surface area contributed by atoms with E-state index < -0.39 is 0 Å². The van der Waals surface area contributed by atoms with Crippen LogP contribution in [0.5, 0.6) is 0 Å². The van der Waals surface area contributed by atoms with Crippen molar-refractivity contribution in [2.24, 2.45) is 11.5 Å². The summed E-state index contributed by atoms with van der Waals surface area (Å²) in [5.74, 6) is 0.396. The average Bonchev–Trinajstić information content (AvgIpc) is 2.77. The maximum atomic E-state index is 5.51. The SMILES string of the molecule is NCc1ccc(-c2nnc(NC(N)=S)o2)cc1. The van der Waals surface area contributed by atoms with Crippen molar-refractivity contribution in [3.05, 3.63) is 29.8 Å². The van der Waals surface area contributed by atoms with Gasteiger partial charge in [-0.25, -0.2) is 0 Å². The molecule has 0 spiro atoms. The zero-order valence-corrected chi connectivity index (χ0v) is 9.70. The monoisotopic (exact) mass is 249 g/mol. The van der Waals surface area contributed by atoms with E-state index in [0.717, 1.165) is 11.1 Å². The Balaban J connectivity index is 2.21. The summed E-state index contributed by atoms with van der Waals surface area (Å²) in [5, 5.41) is 10.3. The minimum absolute atomic E-state index is 0.0821. The van der Waals surface area contributed by atoms with Crippen molar-refractivity contribution >= 4 is 23.3 Å². The van der Waals surface area contributed by atoms with Gasteiger partial charge in [-0.3, -0.25) is 5.32 Å². The number of nitrogens with one attached hydrogen (secondary N) is 1. The third kappa shape index (κ3) is 2.77. The van der Waals surface area contributed by atoms with Crippen molar-refractivity contribution < 1.29 is 4.42 Å². The Morgan fingerprint density at radius 2 is 2.00 bits per heavy atom. The number of anilines is 1. The average molecular weight is 249 g/mol. The van der Waals surface area contributed by atoms with E-state index in [1.165, 1.54) is 0 Å². The van der Waals surface area contributed by atoms with Crippen LogP contribution in [0.25, 0.3) is 11.5 Å². The van der Waals surface area contributed by atoms with Gasteiger partial charge in [0.15, 0.2) is 5.11 Å². The van der Waals surface area contributed by atoms with Crippen molar-refractivity contribution in [3.8, 4) is 11.5 Å². The van der Waals surface area contributed by atoms with E-state index in [2.05, 4.69) is 27.7 Å². The molecule has 1 heterocycles. The topological polar surface area (TPSA) is 103 Å². The molecule has 0 aliphatic carbocycles. The van der Waals surface area contributed by atoms with Gasteiger partial charge in [0.05, 0.1) is 0 Å². The molecule has 6 nitrogen and oxygen atoms in total. The van der Waals surface area contributed by atoms with E-state index >= 15 is 0 Å². The van der Waals surface area contributed by atoms with Crippen LogP contribution in [-0.4, -0.2) is 15.3 Å². The van der Waals surface area contributed by atoms with Gasteiger partial charge >= 0.3 is 6.01 Å². The van der Waals surface area contributed by atoms with E-state index in [-0.39, 0.29) is 11.1 Å². The van der Waals surface area contributed by atoms with Crippen LogP contribution in [0.1, 0.15) is 5.56 Å². The number of nitrogens with two attached hydrogens (primary N) is 2. The maximum Gasteiger partial charge on any atom is 0.322 e. The summed E-state index contributed by atoms with van der Waals surface area (Å²) in [5.41, 5.74) is 12.6. The Bertz CT molecular complexity index is 522. The van der Waals surface area contributed by atoms with Crippen molar-refractivity contribution in [1.29, 1.82) is 0 Å². The van der Waals surface area contributed by atoms with Gasteiger partial charge in [-0.05, 0) is 29.9 Å². The fourth-order valence-electron chi connectivity index (χ4n) is 1.28. The lowest BCUT2D eigenvalue weighted by Crippen LogP contribution is -2.18. The van der Waals surface area contributed by atoms with Gasteiger partial charge in [0.1, 0.15) is 0 Å². The predicted octanol–water partition coefficient (Wildman–Crippen LogP) is 0.851. The van der Waals surface area contributed by atoms with E-state index in [1.807, 2.05) is 24.3 Å². The second-order valence-electron chi connectivity index (χ2n) is 3.30. The summed E-state index contributed by atoms with van der Waals surface area (Å²) in [6, 6.07) is 7.70. The van der Waals surface area contributed by atoms with Crippen LogP contribution in [0.4, 0.5) is 6.01 Å². The van der Waals surface area contributed by atoms with Gasteiger partial charge < -0.3 is 15.9 Å². The fourth-order valence-corrected chi connectivity index (χ4v) is 1.37. The molecule has 0 unspecified atom stereocenters. The molecular formula is C10H11N5OS. The molecule has 0 bridgehead atoms. The summed E-state index contributed by atoms with van der Waals surface area (Å²) >= 11 is 4.66. The molecule has 17 heavy (non-hydrogen) atoms. The van der Waals surface area contributed by atoms with Gasteiger partial charge in [-0.15, -0.1) is 5.10 Å². The summed E-state index contributed by atoms with van der Waals surface area (Å²) in [6.45, 7) is 0.498. The highest BCUT2D eigenvalue weighted by Gasteiger charge is 2.08. The summed E-state index contributed by atoms with van der Waals surface area (Å²) < 4.78 is 5.32. The zero-order valence-electron chi connectivity index (χ0n) is 8.88. The highest BCUT2D eigenvalue weighted by molar-refractivity contribution is 7.80. The van der Waals surface area contributed by atoms with E-state index in [9.17, 15) is 0 Å². The van der Waals surface area contributed by atoms with E-state index in [1.54, 1.807) is 0 Å². The van der Waals surface area contributed by atoms with Crippen molar-refractivity contribution in [3.63, 3.8) is 0 Å². The first kappa shape index (κ1) is 11.5. The van der Waals surface area contributed by atoms with Crippen LogP contribution in [0.15, 0.2) is 28.7 Å². The molecule has 0 amide bonds. The Hall–Kier alpha value is -1.99. The number of hydrogen-bond donors (Lipinski definition) is 3. The molecule has 0 fully saturated rings. The van der Waals surface area contributed by atoms with Crippen LogP contribution in [-0.2, 0) is 6.54 Å². The Labute approximate surface area is 103 Å². The van der Waals surface area contributed by atoms with Gasteiger partial charge in [-0.1, -0.05) is 17.2 Å². The number of aromatic nitrogens is 2.